The summed E-state index contributed by atoms with van der Waals surface area (Å²) in [5.41, 5.74) is 3.01. The fraction of sp³-hybridized carbons (Fsp3) is 0.417. The summed E-state index contributed by atoms with van der Waals surface area (Å²) in [7, 11) is 1.77. The van der Waals surface area contributed by atoms with E-state index >= 15 is 0 Å². The Kier molecular flexibility index (Phi) is 2.94. The van der Waals surface area contributed by atoms with Crippen molar-refractivity contribution in [2.75, 3.05) is 25.1 Å². The maximum atomic E-state index is 12.1. The third kappa shape index (κ3) is 1.50. The molecule has 1 aliphatic rings. The van der Waals surface area contributed by atoms with E-state index in [1.54, 1.807) is 11.9 Å². The molecular formula is C12H16N2O2. The molecule has 1 unspecified atom stereocenters. The van der Waals surface area contributed by atoms with Crippen LogP contribution < -0.4 is 10.2 Å². The van der Waals surface area contributed by atoms with Gasteiger partial charge in [0.25, 0.3) is 0 Å². The number of hydrogen-bond acceptors (Lipinski definition) is 3. The van der Waals surface area contributed by atoms with Crippen LogP contribution in [-0.4, -0.2) is 31.2 Å². The summed E-state index contributed by atoms with van der Waals surface area (Å²) in [6.45, 7) is 2.32. The summed E-state index contributed by atoms with van der Waals surface area (Å²) in [6.07, 6.45) is 0. The van der Waals surface area contributed by atoms with Gasteiger partial charge >= 0.3 is 0 Å². The van der Waals surface area contributed by atoms with E-state index in [9.17, 15) is 4.79 Å². The zero-order valence-corrected chi connectivity index (χ0v) is 9.53. The van der Waals surface area contributed by atoms with E-state index in [0.717, 1.165) is 16.8 Å². The molecule has 0 aliphatic carbocycles. The number of β-amino-alcohol motifs (C(OH)–C–C–N with tert-alkyl or cyclic N) is 1. The summed E-state index contributed by atoms with van der Waals surface area (Å²) in [6, 6.07) is 5.61. The minimum atomic E-state index is -0.276. The second kappa shape index (κ2) is 4.23. The van der Waals surface area contributed by atoms with Crippen molar-refractivity contribution in [2.45, 2.75) is 13.0 Å². The number of likely N-dealkylation sites (N-methyl/N-ethyl adjacent to an activating group) is 1. The first kappa shape index (κ1) is 11.1. The van der Waals surface area contributed by atoms with Gasteiger partial charge in [-0.05, 0) is 19.5 Å². The molecule has 1 heterocycles. The molecule has 16 heavy (non-hydrogen) atoms. The lowest BCUT2D eigenvalue weighted by Crippen LogP contribution is -2.35. The number of fused-ring (bicyclic) bond motifs is 1. The van der Waals surface area contributed by atoms with Gasteiger partial charge in [-0.1, -0.05) is 18.2 Å². The first-order chi connectivity index (χ1) is 7.70. The van der Waals surface area contributed by atoms with E-state index in [4.69, 9.17) is 5.11 Å². The quantitative estimate of drug-likeness (QED) is 0.784. The van der Waals surface area contributed by atoms with Crippen molar-refractivity contribution in [3.8, 4) is 0 Å². The lowest BCUT2D eigenvalue weighted by atomic mass is 10.1. The molecule has 1 aliphatic heterocycles. The van der Waals surface area contributed by atoms with Crippen molar-refractivity contribution in [3.05, 3.63) is 29.3 Å². The van der Waals surface area contributed by atoms with Crippen LogP contribution in [0.2, 0.25) is 0 Å². The Morgan fingerprint density at radius 2 is 2.25 bits per heavy atom. The average Bonchev–Trinajstić information content (AvgIpc) is 2.54. The molecule has 86 valence electrons. The van der Waals surface area contributed by atoms with E-state index in [0.29, 0.717) is 6.54 Å². The lowest BCUT2D eigenvalue weighted by molar-refractivity contribution is -0.120. The number of nitrogens with zero attached hydrogens (tertiary/aromatic N) is 1. The minimum Gasteiger partial charge on any atom is -0.395 e. The second-order valence-corrected chi connectivity index (χ2v) is 3.95. The minimum absolute atomic E-state index is 0.0147. The van der Waals surface area contributed by atoms with Crippen molar-refractivity contribution < 1.29 is 9.90 Å². The molecule has 4 heteroatoms. The Hall–Kier alpha value is -1.39. The zero-order valence-electron chi connectivity index (χ0n) is 9.53. The first-order valence-electron chi connectivity index (χ1n) is 5.39. The first-order valence-corrected chi connectivity index (χ1v) is 5.39. The number of rotatable bonds is 3. The monoisotopic (exact) mass is 220 g/mol. The molecule has 0 radical (unpaired) electrons. The molecule has 1 amide bonds. The van der Waals surface area contributed by atoms with Gasteiger partial charge in [0.15, 0.2) is 0 Å². The van der Waals surface area contributed by atoms with Crippen molar-refractivity contribution in [2.24, 2.45) is 0 Å². The second-order valence-electron chi connectivity index (χ2n) is 3.95. The summed E-state index contributed by atoms with van der Waals surface area (Å²) < 4.78 is 0. The van der Waals surface area contributed by atoms with Crippen LogP contribution in [0.15, 0.2) is 18.2 Å². The van der Waals surface area contributed by atoms with E-state index in [1.165, 1.54) is 0 Å². The van der Waals surface area contributed by atoms with Crippen LogP contribution in [0.5, 0.6) is 0 Å². The molecular weight excluding hydrogens is 204 g/mol. The average molecular weight is 220 g/mol. The number of aryl methyl sites for hydroxylation is 1. The largest absolute Gasteiger partial charge is 0.395 e. The lowest BCUT2D eigenvalue weighted by Gasteiger charge is -2.17. The SMILES string of the molecule is CNC1C(=O)N(CCO)c2c(C)cccc21. The van der Waals surface area contributed by atoms with Crippen molar-refractivity contribution >= 4 is 11.6 Å². The maximum absolute atomic E-state index is 12.1. The molecule has 0 fully saturated rings. The van der Waals surface area contributed by atoms with Gasteiger partial charge in [0, 0.05) is 12.1 Å². The normalized spacial score (nSPS) is 19.1. The number of carbonyl (C=O) groups is 1. The Morgan fingerprint density at radius 1 is 1.50 bits per heavy atom. The number of anilines is 1. The van der Waals surface area contributed by atoms with Gasteiger partial charge in [0.05, 0.1) is 12.3 Å². The predicted octanol–water partition coefficient (Wildman–Crippen LogP) is 0.594. The highest BCUT2D eigenvalue weighted by molar-refractivity contribution is 6.05. The van der Waals surface area contributed by atoms with Crippen LogP contribution in [0.4, 0.5) is 5.69 Å². The number of hydrogen-bond donors (Lipinski definition) is 2. The third-order valence-electron chi connectivity index (χ3n) is 2.98. The number of nitrogens with one attached hydrogen (secondary N) is 1. The number of aliphatic hydroxyl groups is 1. The molecule has 0 bridgehead atoms. The van der Waals surface area contributed by atoms with Gasteiger partial charge < -0.3 is 15.3 Å². The van der Waals surface area contributed by atoms with Gasteiger partial charge in [0.1, 0.15) is 6.04 Å². The number of para-hydroxylation sites is 1. The fourth-order valence-electron chi connectivity index (χ4n) is 2.28. The van der Waals surface area contributed by atoms with Gasteiger partial charge in [-0.2, -0.15) is 0 Å². The molecule has 0 saturated heterocycles. The fourth-order valence-corrected chi connectivity index (χ4v) is 2.28. The van der Waals surface area contributed by atoms with Crippen molar-refractivity contribution in [3.63, 3.8) is 0 Å². The van der Waals surface area contributed by atoms with Crippen LogP contribution in [0.25, 0.3) is 0 Å². The topological polar surface area (TPSA) is 52.6 Å². The molecule has 0 saturated carbocycles. The Labute approximate surface area is 94.9 Å². The molecule has 1 aromatic carbocycles. The Bertz CT molecular complexity index is 417. The van der Waals surface area contributed by atoms with Crippen LogP contribution in [0.1, 0.15) is 17.2 Å². The highest BCUT2D eigenvalue weighted by Gasteiger charge is 2.36. The number of benzene rings is 1. The smallest absolute Gasteiger partial charge is 0.248 e. The van der Waals surface area contributed by atoms with Crippen LogP contribution in [0.3, 0.4) is 0 Å². The molecule has 0 aromatic heterocycles. The predicted molar refractivity (Wildman–Crippen MR) is 62.4 cm³/mol. The molecule has 4 nitrogen and oxygen atoms in total. The van der Waals surface area contributed by atoms with E-state index in [-0.39, 0.29) is 18.6 Å². The van der Waals surface area contributed by atoms with Gasteiger partial charge in [-0.3, -0.25) is 4.79 Å². The number of amides is 1. The van der Waals surface area contributed by atoms with Gasteiger partial charge in [0.2, 0.25) is 5.91 Å². The summed E-state index contributed by atoms with van der Waals surface area (Å²) >= 11 is 0. The van der Waals surface area contributed by atoms with Crippen LogP contribution in [0, 0.1) is 6.92 Å². The summed E-state index contributed by atoms with van der Waals surface area (Å²) in [5, 5.41) is 12.0. The molecule has 2 rings (SSSR count). The zero-order chi connectivity index (χ0) is 11.7. The van der Waals surface area contributed by atoms with Crippen LogP contribution in [-0.2, 0) is 4.79 Å². The maximum Gasteiger partial charge on any atom is 0.248 e. The van der Waals surface area contributed by atoms with E-state index < -0.39 is 0 Å². The Morgan fingerprint density at radius 3 is 2.88 bits per heavy atom. The van der Waals surface area contributed by atoms with Crippen molar-refractivity contribution in [1.82, 2.24) is 5.32 Å². The molecule has 0 spiro atoms. The van der Waals surface area contributed by atoms with Gasteiger partial charge in [-0.25, -0.2) is 0 Å². The Balaban J connectivity index is 2.51. The molecule has 1 atom stereocenters. The van der Waals surface area contributed by atoms with E-state index in [1.807, 2.05) is 25.1 Å². The van der Waals surface area contributed by atoms with Crippen molar-refractivity contribution in [1.29, 1.82) is 0 Å². The summed E-state index contributed by atoms with van der Waals surface area (Å²) in [5.74, 6) is 0.0147. The molecule has 1 aromatic rings. The summed E-state index contributed by atoms with van der Waals surface area (Å²) in [4.78, 5) is 13.7. The van der Waals surface area contributed by atoms with Gasteiger partial charge in [-0.15, -0.1) is 0 Å². The molecule has 2 N–H and O–H groups in total. The standard InChI is InChI=1S/C12H16N2O2/c1-8-4-3-5-9-10(13-2)12(16)14(6-7-15)11(8)9/h3-5,10,13,15H,6-7H2,1-2H3. The highest BCUT2D eigenvalue weighted by Crippen LogP contribution is 2.37. The van der Waals surface area contributed by atoms with E-state index in [2.05, 4.69) is 5.32 Å². The van der Waals surface area contributed by atoms with Crippen LogP contribution >= 0.6 is 0 Å². The number of aliphatic hydroxyl groups excluding tert-OH is 1. The highest BCUT2D eigenvalue weighted by atomic mass is 16.3. The number of carbonyl (C=O) groups excluding carboxylic acids is 1. The third-order valence-corrected chi connectivity index (χ3v) is 2.98.